The van der Waals surface area contributed by atoms with Crippen molar-refractivity contribution in [3.8, 4) is 23.0 Å². The summed E-state index contributed by atoms with van der Waals surface area (Å²) in [6, 6.07) is 10.5. The smallest absolute Gasteiger partial charge is 0.264 e. The van der Waals surface area contributed by atoms with Gasteiger partial charge in [0.05, 0.1) is 13.7 Å². The molecular weight excluding hydrogens is 382 g/mol. The third kappa shape index (κ3) is 5.34. The van der Waals surface area contributed by atoms with Gasteiger partial charge in [-0.25, -0.2) is 4.98 Å². The van der Waals surface area contributed by atoms with Crippen molar-refractivity contribution in [1.29, 1.82) is 0 Å². The Balaban J connectivity index is 1.52. The van der Waals surface area contributed by atoms with E-state index < -0.39 is 0 Å². The van der Waals surface area contributed by atoms with Crippen LogP contribution in [0.5, 0.6) is 11.5 Å². The number of hydrogen-bond acceptors (Lipinski definition) is 7. The number of aromatic nitrogens is 1. The zero-order valence-corrected chi connectivity index (χ0v) is 16.2. The summed E-state index contributed by atoms with van der Waals surface area (Å²) in [5, 5.41) is 7.58. The Labute approximate surface area is 165 Å². The molecule has 3 rings (SSSR count). The number of benzene rings is 1. The number of rotatable bonds is 8. The summed E-state index contributed by atoms with van der Waals surface area (Å²) in [5.74, 6) is 2.02. The Morgan fingerprint density at radius 1 is 1.14 bits per heavy atom. The number of anilines is 1. The zero-order valence-electron chi connectivity index (χ0n) is 15.4. The molecule has 28 heavy (non-hydrogen) atoms. The van der Waals surface area contributed by atoms with Gasteiger partial charge in [-0.15, -0.1) is 11.3 Å². The molecule has 2 amide bonds. The molecule has 0 aliphatic heterocycles. The molecule has 0 saturated carbocycles. The second kappa shape index (κ2) is 9.05. The largest absolute Gasteiger partial charge is 0.497 e. The monoisotopic (exact) mass is 401 g/mol. The summed E-state index contributed by atoms with van der Waals surface area (Å²) in [5.41, 5.74) is 0.602. The van der Waals surface area contributed by atoms with E-state index in [1.165, 1.54) is 18.3 Å². The van der Waals surface area contributed by atoms with Gasteiger partial charge < -0.3 is 19.2 Å². The van der Waals surface area contributed by atoms with Gasteiger partial charge in [0.15, 0.2) is 17.5 Å². The van der Waals surface area contributed by atoms with E-state index in [-0.39, 0.29) is 18.4 Å². The Bertz CT molecular complexity index is 949. The quantitative estimate of drug-likeness (QED) is 0.601. The fourth-order valence-corrected chi connectivity index (χ4v) is 2.96. The Morgan fingerprint density at radius 3 is 2.61 bits per heavy atom. The van der Waals surface area contributed by atoms with Crippen molar-refractivity contribution in [2.24, 2.45) is 0 Å². The number of thiazole rings is 1. The van der Waals surface area contributed by atoms with E-state index in [2.05, 4.69) is 15.6 Å². The maximum atomic E-state index is 12.1. The molecule has 0 radical (unpaired) electrons. The van der Waals surface area contributed by atoms with E-state index in [1.807, 2.05) is 0 Å². The van der Waals surface area contributed by atoms with Crippen molar-refractivity contribution in [2.45, 2.75) is 13.5 Å². The standard InChI is InChI=1S/C19H19N3O5S/c1-12(23)20-9-15-7-8-17(27-15)16-11-28-19(21-16)22-18(24)10-26-14-5-3-13(25-2)4-6-14/h3-8,11H,9-10H2,1-2H3,(H,20,23)(H,21,22,24). The van der Waals surface area contributed by atoms with Crippen molar-refractivity contribution in [3.63, 3.8) is 0 Å². The maximum absolute atomic E-state index is 12.1. The van der Waals surface area contributed by atoms with Gasteiger partial charge in [0.25, 0.3) is 5.91 Å². The van der Waals surface area contributed by atoms with E-state index in [1.54, 1.807) is 48.9 Å². The van der Waals surface area contributed by atoms with E-state index in [0.717, 1.165) is 0 Å². The van der Waals surface area contributed by atoms with Gasteiger partial charge in [-0.05, 0) is 36.4 Å². The zero-order chi connectivity index (χ0) is 19.9. The number of hydrogen-bond donors (Lipinski definition) is 2. The molecule has 146 valence electrons. The van der Waals surface area contributed by atoms with Crippen LogP contribution in [-0.2, 0) is 16.1 Å². The van der Waals surface area contributed by atoms with Crippen LogP contribution >= 0.6 is 11.3 Å². The molecule has 2 heterocycles. The molecule has 8 nitrogen and oxygen atoms in total. The molecule has 0 aliphatic rings. The van der Waals surface area contributed by atoms with E-state index in [0.29, 0.717) is 40.4 Å². The minimum absolute atomic E-state index is 0.131. The van der Waals surface area contributed by atoms with Crippen LogP contribution in [0.1, 0.15) is 12.7 Å². The lowest BCUT2D eigenvalue weighted by atomic mass is 10.3. The molecule has 0 fully saturated rings. The summed E-state index contributed by atoms with van der Waals surface area (Å²) < 4.78 is 16.2. The highest BCUT2D eigenvalue weighted by Gasteiger charge is 2.12. The third-order valence-electron chi connectivity index (χ3n) is 3.61. The lowest BCUT2D eigenvalue weighted by Crippen LogP contribution is -2.20. The number of carbonyl (C=O) groups excluding carboxylic acids is 2. The number of carbonyl (C=O) groups is 2. The second-order valence-corrected chi connectivity index (χ2v) is 6.58. The van der Waals surface area contributed by atoms with Crippen LogP contribution in [0.4, 0.5) is 5.13 Å². The predicted octanol–water partition coefficient (Wildman–Crippen LogP) is 3.07. The van der Waals surface area contributed by atoms with Gasteiger partial charge in [0.1, 0.15) is 23.0 Å². The normalized spacial score (nSPS) is 10.4. The van der Waals surface area contributed by atoms with Crippen molar-refractivity contribution >= 4 is 28.3 Å². The van der Waals surface area contributed by atoms with Crippen LogP contribution < -0.4 is 20.1 Å². The van der Waals surface area contributed by atoms with Crippen LogP contribution in [-0.4, -0.2) is 30.5 Å². The fourth-order valence-electron chi connectivity index (χ4n) is 2.24. The van der Waals surface area contributed by atoms with Crippen LogP contribution in [0.3, 0.4) is 0 Å². The average Bonchev–Trinajstić information content (AvgIpc) is 3.34. The Morgan fingerprint density at radius 2 is 1.89 bits per heavy atom. The molecule has 0 unspecified atom stereocenters. The molecule has 0 bridgehead atoms. The number of furan rings is 1. The van der Waals surface area contributed by atoms with Gasteiger partial charge in [-0.3, -0.25) is 14.9 Å². The van der Waals surface area contributed by atoms with Gasteiger partial charge in [0.2, 0.25) is 5.91 Å². The summed E-state index contributed by atoms with van der Waals surface area (Å²) in [7, 11) is 1.58. The van der Waals surface area contributed by atoms with Gasteiger partial charge in [-0.1, -0.05) is 0 Å². The van der Waals surface area contributed by atoms with Gasteiger partial charge >= 0.3 is 0 Å². The number of methoxy groups -OCH3 is 1. The second-order valence-electron chi connectivity index (χ2n) is 5.73. The molecule has 0 spiro atoms. The summed E-state index contributed by atoms with van der Waals surface area (Å²) in [6.07, 6.45) is 0. The maximum Gasteiger partial charge on any atom is 0.264 e. The van der Waals surface area contributed by atoms with E-state index >= 15 is 0 Å². The van der Waals surface area contributed by atoms with Crippen molar-refractivity contribution < 1.29 is 23.5 Å². The minimum atomic E-state index is -0.317. The number of ether oxygens (including phenoxy) is 2. The first kappa shape index (κ1) is 19.4. The molecule has 1 aromatic carbocycles. The van der Waals surface area contributed by atoms with E-state index in [9.17, 15) is 9.59 Å². The van der Waals surface area contributed by atoms with Gasteiger partial charge in [-0.2, -0.15) is 0 Å². The summed E-state index contributed by atoms with van der Waals surface area (Å²) in [4.78, 5) is 27.3. The highest BCUT2D eigenvalue weighted by Crippen LogP contribution is 2.26. The number of nitrogens with one attached hydrogen (secondary N) is 2. The first-order valence-electron chi connectivity index (χ1n) is 8.39. The van der Waals surface area contributed by atoms with E-state index in [4.69, 9.17) is 13.9 Å². The van der Waals surface area contributed by atoms with Crippen molar-refractivity contribution in [1.82, 2.24) is 10.3 Å². The molecule has 9 heteroatoms. The van der Waals surface area contributed by atoms with Gasteiger partial charge in [0, 0.05) is 12.3 Å². The molecule has 2 N–H and O–H groups in total. The molecule has 2 aromatic heterocycles. The molecule has 0 aliphatic carbocycles. The van der Waals surface area contributed by atoms with Crippen molar-refractivity contribution in [2.75, 3.05) is 19.0 Å². The highest BCUT2D eigenvalue weighted by molar-refractivity contribution is 7.14. The topological polar surface area (TPSA) is 103 Å². The van der Waals surface area contributed by atoms with Crippen molar-refractivity contribution in [3.05, 3.63) is 47.5 Å². The highest BCUT2D eigenvalue weighted by atomic mass is 32.1. The lowest BCUT2D eigenvalue weighted by Gasteiger charge is -2.06. The number of nitrogens with zero attached hydrogens (tertiary/aromatic N) is 1. The summed E-state index contributed by atoms with van der Waals surface area (Å²) in [6.45, 7) is 1.62. The Hall–Kier alpha value is -3.33. The van der Waals surface area contributed by atoms with Crippen LogP contribution in [0.15, 0.2) is 46.2 Å². The molecular formula is C19H19N3O5S. The fraction of sp³-hybridized carbons (Fsp3) is 0.211. The van der Waals surface area contributed by atoms with Crippen LogP contribution in [0.25, 0.3) is 11.5 Å². The average molecular weight is 401 g/mol. The molecule has 3 aromatic rings. The van der Waals surface area contributed by atoms with Crippen LogP contribution in [0.2, 0.25) is 0 Å². The lowest BCUT2D eigenvalue weighted by molar-refractivity contribution is -0.119. The van der Waals surface area contributed by atoms with Crippen LogP contribution in [0, 0.1) is 0 Å². The molecule has 0 atom stereocenters. The molecule has 0 saturated heterocycles. The third-order valence-corrected chi connectivity index (χ3v) is 4.36. The minimum Gasteiger partial charge on any atom is -0.497 e. The first-order chi connectivity index (χ1) is 13.5. The first-order valence-corrected chi connectivity index (χ1v) is 9.27. The Kier molecular flexibility index (Phi) is 6.28. The summed E-state index contributed by atoms with van der Waals surface area (Å²) >= 11 is 1.28. The SMILES string of the molecule is COc1ccc(OCC(=O)Nc2nc(-c3ccc(CNC(C)=O)o3)cs2)cc1. The number of amides is 2. The predicted molar refractivity (Wildman–Crippen MR) is 104 cm³/mol.